The fourth-order valence-electron chi connectivity index (χ4n) is 2.03. The molecule has 1 aliphatic rings. The highest BCUT2D eigenvalue weighted by molar-refractivity contribution is 4.82. The highest BCUT2D eigenvalue weighted by Crippen LogP contribution is 2.30. The van der Waals surface area contributed by atoms with E-state index in [0.717, 1.165) is 25.6 Å². The van der Waals surface area contributed by atoms with Crippen LogP contribution in [0.25, 0.3) is 0 Å². The number of hydrogen-bond acceptors (Lipinski definition) is 3. The maximum absolute atomic E-state index is 5.34. The zero-order chi connectivity index (χ0) is 12.0. The maximum atomic E-state index is 5.34. The second kappa shape index (κ2) is 7.25. The summed E-state index contributed by atoms with van der Waals surface area (Å²) in [6.07, 6.45) is 2.85. The van der Waals surface area contributed by atoms with E-state index in [1.165, 1.54) is 19.4 Å². The number of likely N-dealkylation sites (N-methyl/N-ethyl adjacent to an activating group) is 1. The smallest absolute Gasteiger partial charge is 0.0630 e. The van der Waals surface area contributed by atoms with Crippen LogP contribution >= 0.6 is 0 Å². The van der Waals surface area contributed by atoms with Crippen LogP contribution in [0.4, 0.5) is 0 Å². The molecule has 0 radical (unpaired) electrons. The number of ether oxygens (including phenoxy) is 1. The molecule has 0 aromatic heterocycles. The average Bonchev–Trinajstić information content (AvgIpc) is 3.04. The summed E-state index contributed by atoms with van der Waals surface area (Å²) in [6, 6.07) is 1.08. The van der Waals surface area contributed by atoms with Crippen LogP contribution in [0.1, 0.15) is 33.6 Å². The summed E-state index contributed by atoms with van der Waals surface area (Å²) in [5, 5.41) is 3.52. The van der Waals surface area contributed by atoms with Crippen molar-refractivity contribution < 1.29 is 4.74 Å². The number of nitrogens with zero attached hydrogens (tertiary/aromatic N) is 1. The van der Waals surface area contributed by atoms with Crippen molar-refractivity contribution in [3.05, 3.63) is 0 Å². The van der Waals surface area contributed by atoms with Crippen molar-refractivity contribution in [1.29, 1.82) is 0 Å². The van der Waals surface area contributed by atoms with Crippen LogP contribution in [0, 0.1) is 5.92 Å². The molecule has 1 N–H and O–H groups in total. The Bertz CT molecular complexity index is 181. The van der Waals surface area contributed by atoms with Gasteiger partial charge in [0.1, 0.15) is 0 Å². The molecule has 1 atom stereocenters. The summed E-state index contributed by atoms with van der Waals surface area (Å²) in [7, 11) is 1.80. The second-order valence-corrected chi connectivity index (χ2v) is 5.20. The van der Waals surface area contributed by atoms with Gasteiger partial charge in [0.25, 0.3) is 0 Å². The van der Waals surface area contributed by atoms with E-state index in [1.807, 2.05) is 0 Å². The summed E-state index contributed by atoms with van der Waals surface area (Å²) in [4.78, 5) is 2.57. The highest BCUT2D eigenvalue weighted by atomic mass is 16.5. The Morgan fingerprint density at radius 1 is 1.38 bits per heavy atom. The standard InChI is InChI=1S/C13H28N2O/c1-5-15(9-12-6-7-12)13(10-16-4)8-14-11(2)3/h11-14H,5-10H2,1-4H3. The van der Waals surface area contributed by atoms with Gasteiger partial charge >= 0.3 is 0 Å². The molecule has 0 aromatic rings. The molecule has 16 heavy (non-hydrogen) atoms. The van der Waals surface area contributed by atoms with Gasteiger partial charge < -0.3 is 10.1 Å². The molecule has 0 spiro atoms. The lowest BCUT2D eigenvalue weighted by atomic mass is 10.2. The molecule has 1 fully saturated rings. The molecule has 1 rings (SSSR count). The van der Waals surface area contributed by atoms with Crippen LogP contribution in [-0.4, -0.2) is 50.3 Å². The van der Waals surface area contributed by atoms with E-state index >= 15 is 0 Å². The van der Waals surface area contributed by atoms with Gasteiger partial charge in [0, 0.05) is 32.3 Å². The first-order valence-electron chi connectivity index (χ1n) is 6.63. The summed E-state index contributed by atoms with van der Waals surface area (Å²) >= 11 is 0. The zero-order valence-corrected chi connectivity index (χ0v) is 11.3. The van der Waals surface area contributed by atoms with Crippen molar-refractivity contribution >= 4 is 0 Å². The molecule has 1 aliphatic carbocycles. The number of methoxy groups -OCH3 is 1. The summed E-state index contributed by atoms with van der Waals surface area (Å²) in [5.41, 5.74) is 0. The Kier molecular flexibility index (Phi) is 6.32. The fraction of sp³-hybridized carbons (Fsp3) is 1.00. The van der Waals surface area contributed by atoms with Crippen molar-refractivity contribution in [2.24, 2.45) is 5.92 Å². The maximum Gasteiger partial charge on any atom is 0.0630 e. The monoisotopic (exact) mass is 228 g/mol. The van der Waals surface area contributed by atoms with E-state index in [0.29, 0.717) is 12.1 Å². The highest BCUT2D eigenvalue weighted by Gasteiger charge is 2.27. The van der Waals surface area contributed by atoms with Gasteiger partial charge in [-0.1, -0.05) is 20.8 Å². The first-order valence-corrected chi connectivity index (χ1v) is 6.63. The van der Waals surface area contributed by atoms with Gasteiger partial charge in [-0.15, -0.1) is 0 Å². The largest absolute Gasteiger partial charge is 0.383 e. The summed E-state index contributed by atoms with van der Waals surface area (Å²) < 4.78 is 5.34. The van der Waals surface area contributed by atoms with Gasteiger partial charge in [-0.2, -0.15) is 0 Å². The molecule has 0 aliphatic heterocycles. The summed E-state index contributed by atoms with van der Waals surface area (Å²) in [6.45, 7) is 10.9. The zero-order valence-electron chi connectivity index (χ0n) is 11.3. The molecular weight excluding hydrogens is 200 g/mol. The Balaban J connectivity index is 2.36. The normalized spacial score (nSPS) is 18.4. The van der Waals surface area contributed by atoms with Gasteiger partial charge in [0.15, 0.2) is 0 Å². The Morgan fingerprint density at radius 2 is 2.06 bits per heavy atom. The molecule has 0 aromatic carbocycles. The second-order valence-electron chi connectivity index (χ2n) is 5.20. The van der Waals surface area contributed by atoms with Crippen LogP contribution in [0.2, 0.25) is 0 Å². The van der Waals surface area contributed by atoms with Gasteiger partial charge in [0.2, 0.25) is 0 Å². The van der Waals surface area contributed by atoms with Crippen molar-refractivity contribution in [1.82, 2.24) is 10.2 Å². The molecule has 1 unspecified atom stereocenters. The van der Waals surface area contributed by atoms with E-state index < -0.39 is 0 Å². The van der Waals surface area contributed by atoms with E-state index in [-0.39, 0.29) is 0 Å². The molecule has 3 nitrogen and oxygen atoms in total. The SMILES string of the molecule is CCN(CC1CC1)C(CNC(C)C)COC. The molecule has 1 saturated carbocycles. The molecule has 0 heterocycles. The van der Waals surface area contributed by atoms with Gasteiger partial charge in [-0.25, -0.2) is 0 Å². The van der Waals surface area contributed by atoms with Crippen LogP contribution in [-0.2, 0) is 4.74 Å². The Hall–Kier alpha value is -0.120. The predicted molar refractivity (Wildman–Crippen MR) is 68.8 cm³/mol. The lowest BCUT2D eigenvalue weighted by Gasteiger charge is -2.31. The Labute approximate surface area is 101 Å². The predicted octanol–water partition coefficient (Wildman–Crippen LogP) is 1.73. The van der Waals surface area contributed by atoms with Crippen LogP contribution in [0.5, 0.6) is 0 Å². The first-order chi connectivity index (χ1) is 7.67. The third kappa shape index (κ3) is 5.28. The molecule has 0 saturated heterocycles. The molecule has 96 valence electrons. The minimum atomic E-state index is 0.526. The van der Waals surface area contributed by atoms with E-state index in [1.54, 1.807) is 7.11 Å². The average molecular weight is 228 g/mol. The van der Waals surface area contributed by atoms with E-state index in [4.69, 9.17) is 4.74 Å². The lowest BCUT2D eigenvalue weighted by Crippen LogP contribution is -2.47. The summed E-state index contributed by atoms with van der Waals surface area (Å²) in [5.74, 6) is 0.957. The van der Waals surface area contributed by atoms with Crippen LogP contribution in [0.15, 0.2) is 0 Å². The number of nitrogens with one attached hydrogen (secondary N) is 1. The topological polar surface area (TPSA) is 24.5 Å². The van der Waals surface area contributed by atoms with Crippen molar-refractivity contribution in [2.45, 2.75) is 45.7 Å². The van der Waals surface area contributed by atoms with E-state index in [9.17, 15) is 0 Å². The van der Waals surface area contributed by atoms with Crippen molar-refractivity contribution in [3.63, 3.8) is 0 Å². The quantitative estimate of drug-likeness (QED) is 0.650. The fourth-order valence-corrected chi connectivity index (χ4v) is 2.03. The minimum absolute atomic E-state index is 0.526. The number of rotatable bonds is 9. The molecule has 0 amide bonds. The molecular formula is C13H28N2O. The number of hydrogen-bond donors (Lipinski definition) is 1. The van der Waals surface area contributed by atoms with Gasteiger partial charge in [-0.05, 0) is 25.3 Å². The third-order valence-corrected chi connectivity index (χ3v) is 3.23. The van der Waals surface area contributed by atoms with Gasteiger partial charge in [-0.3, -0.25) is 4.90 Å². The van der Waals surface area contributed by atoms with Crippen molar-refractivity contribution in [3.8, 4) is 0 Å². The molecule has 3 heteroatoms. The first kappa shape index (κ1) is 13.9. The van der Waals surface area contributed by atoms with Crippen LogP contribution < -0.4 is 5.32 Å². The third-order valence-electron chi connectivity index (χ3n) is 3.23. The van der Waals surface area contributed by atoms with Gasteiger partial charge in [0.05, 0.1) is 6.61 Å². The Morgan fingerprint density at radius 3 is 2.50 bits per heavy atom. The lowest BCUT2D eigenvalue weighted by molar-refractivity contribution is 0.0882. The van der Waals surface area contributed by atoms with Crippen molar-refractivity contribution in [2.75, 3.05) is 33.4 Å². The van der Waals surface area contributed by atoms with E-state index in [2.05, 4.69) is 31.0 Å². The van der Waals surface area contributed by atoms with Crippen LogP contribution in [0.3, 0.4) is 0 Å². The minimum Gasteiger partial charge on any atom is -0.383 e. The molecule has 0 bridgehead atoms.